The van der Waals surface area contributed by atoms with E-state index in [0.717, 1.165) is 18.2 Å². The van der Waals surface area contributed by atoms with Gasteiger partial charge >= 0.3 is 11.9 Å². The van der Waals surface area contributed by atoms with Crippen molar-refractivity contribution in [2.75, 3.05) is 12.4 Å². The van der Waals surface area contributed by atoms with Crippen LogP contribution in [0.2, 0.25) is 0 Å². The van der Waals surface area contributed by atoms with Crippen LogP contribution in [0.5, 0.6) is 0 Å². The molecule has 7 nitrogen and oxygen atoms in total. The van der Waals surface area contributed by atoms with E-state index in [1.165, 1.54) is 12.8 Å². The zero-order chi connectivity index (χ0) is 17.0. The minimum absolute atomic E-state index is 0.00859. The van der Waals surface area contributed by atoms with Crippen molar-refractivity contribution in [1.29, 1.82) is 0 Å². The standard InChI is InChI=1S/C15H21NO6S/c1-15(2,14(20)22-16-11(17)5-6-12(16)18)23-9-13(19)21-8-7-10-3-4-10/h10H,3-9H2,1-2H3. The van der Waals surface area contributed by atoms with E-state index in [1.54, 1.807) is 13.8 Å². The summed E-state index contributed by atoms with van der Waals surface area (Å²) in [5.41, 5.74) is 0. The van der Waals surface area contributed by atoms with Gasteiger partial charge in [0.05, 0.1) is 12.4 Å². The minimum atomic E-state index is -1.07. The van der Waals surface area contributed by atoms with Crippen molar-refractivity contribution in [2.24, 2.45) is 5.92 Å². The Kier molecular flexibility index (Phi) is 5.67. The number of esters is 1. The number of hydroxylamine groups is 2. The van der Waals surface area contributed by atoms with Crippen molar-refractivity contribution < 1.29 is 28.8 Å². The molecule has 1 aliphatic heterocycles. The summed E-state index contributed by atoms with van der Waals surface area (Å²) in [7, 11) is 0. The van der Waals surface area contributed by atoms with Gasteiger partial charge in [0.2, 0.25) is 0 Å². The van der Waals surface area contributed by atoms with Gasteiger partial charge in [-0.15, -0.1) is 16.8 Å². The molecule has 0 aromatic rings. The van der Waals surface area contributed by atoms with Crippen LogP contribution >= 0.6 is 11.8 Å². The predicted molar refractivity (Wildman–Crippen MR) is 82.0 cm³/mol. The van der Waals surface area contributed by atoms with Crippen LogP contribution in [-0.4, -0.2) is 45.9 Å². The van der Waals surface area contributed by atoms with E-state index in [4.69, 9.17) is 9.57 Å². The van der Waals surface area contributed by atoms with Crippen LogP contribution in [0.15, 0.2) is 0 Å². The third-order valence-electron chi connectivity index (χ3n) is 3.71. The number of carbonyl (C=O) groups is 4. The lowest BCUT2D eigenvalue weighted by Crippen LogP contribution is -2.40. The summed E-state index contributed by atoms with van der Waals surface area (Å²) >= 11 is 1.06. The summed E-state index contributed by atoms with van der Waals surface area (Å²) in [6, 6.07) is 0. The summed E-state index contributed by atoms with van der Waals surface area (Å²) in [5, 5.41) is 0.513. The van der Waals surface area contributed by atoms with Crippen molar-refractivity contribution in [3.63, 3.8) is 0 Å². The molecule has 1 aliphatic carbocycles. The van der Waals surface area contributed by atoms with E-state index >= 15 is 0 Å². The average molecular weight is 343 g/mol. The zero-order valence-electron chi connectivity index (χ0n) is 13.3. The number of thioether (sulfide) groups is 1. The Morgan fingerprint density at radius 1 is 1.22 bits per heavy atom. The first kappa shape index (κ1) is 17.8. The van der Waals surface area contributed by atoms with Gasteiger partial charge in [-0.05, 0) is 26.2 Å². The number of hydrogen-bond acceptors (Lipinski definition) is 7. The van der Waals surface area contributed by atoms with E-state index in [2.05, 4.69) is 0 Å². The molecule has 2 amide bonds. The Balaban J connectivity index is 1.73. The number of imide groups is 1. The normalized spacial score (nSPS) is 18.3. The van der Waals surface area contributed by atoms with Crippen LogP contribution in [0.3, 0.4) is 0 Å². The second-order valence-electron chi connectivity index (χ2n) is 6.21. The fourth-order valence-corrected chi connectivity index (χ4v) is 2.65. The molecular formula is C15H21NO6S. The highest BCUT2D eigenvalue weighted by molar-refractivity contribution is 8.01. The molecule has 0 N–H and O–H groups in total. The van der Waals surface area contributed by atoms with E-state index in [0.29, 0.717) is 17.6 Å². The lowest BCUT2D eigenvalue weighted by Gasteiger charge is -2.23. The molecule has 0 bridgehead atoms. The van der Waals surface area contributed by atoms with E-state index in [-0.39, 0.29) is 24.6 Å². The Bertz CT molecular complexity index is 498. The van der Waals surface area contributed by atoms with Gasteiger partial charge in [0, 0.05) is 12.8 Å². The third kappa shape index (κ3) is 5.23. The van der Waals surface area contributed by atoms with Gasteiger partial charge in [0.15, 0.2) is 0 Å². The molecule has 0 aromatic carbocycles. The van der Waals surface area contributed by atoms with Gasteiger partial charge in [-0.25, -0.2) is 4.79 Å². The van der Waals surface area contributed by atoms with Crippen molar-refractivity contribution >= 4 is 35.5 Å². The molecule has 1 saturated carbocycles. The second-order valence-corrected chi connectivity index (χ2v) is 7.81. The predicted octanol–water partition coefficient (Wildman–Crippen LogP) is 1.45. The maximum atomic E-state index is 12.1. The lowest BCUT2D eigenvalue weighted by molar-refractivity contribution is -0.198. The van der Waals surface area contributed by atoms with Crippen LogP contribution < -0.4 is 0 Å². The topological polar surface area (TPSA) is 90.0 Å². The van der Waals surface area contributed by atoms with Crippen LogP contribution in [0, 0.1) is 5.92 Å². The first-order valence-electron chi connectivity index (χ1n) is 7.67. The molecule has 1 heterocycles. The summed E-state index contributed by atoms with van der Waals surface area (Å²) in [6.07, 6.45) is 3.40. The summed E-state index contributed by atoms with van der Waals surface area (Å²) in [6.45, 7) is 3.55. The van der Waals surface area contributed by atoms with Crippen molar-refractivity contribution in [1.82, 2.24) is 5.06 Å². The molecule has 2 rings (SSSR count). The average Bonchev–Trinajstić information content (AvgIpc) is 3.26. The molecule has 128 valence electrons. The highest BCUT2D eigenvalue weighted by atomic mass is 32.2. The highest BCUT2D eigenvalue weighted by Gasteiger charge is 2.38. The molecule has 0 spiro atoms. The van der Waals surface area contributed by atoms with Crippen LogP contribution in [-0.2, 0) is 28.8 Å². The number of hydrogen-bond donors (Lipinski definition) is 0. The van der Waals surface area contributed by atoms with Crippen LogP contribution in [0.1, 0.15) is 46.0 Å². The smallest absolute Gasteiger partial charge is 0.348 e. The fourth-order valence-electron chi connectivity index (χ4n) is 1.94. The largest absolute Gasteiger partial charge is 0.465 e. The van der Waals surface area contributed by atoms with Crippen molar-refractivity contribution in [3.05, 3.63) is 0 Å². The Morgan fingerprint density at radius 2 is 1.83 bits per heavy atom. The maximum absolute atomic E-state index is 12.1. The van der Waals surface area contributed by atoms with E-state index in [9.17, 15) is 19.2 Å². The minimum Gasteiger partial charge on any atom is -0.465 e. The molecular weight excluding hydrogens is 322 g/mol. The Morgan fingerprint density at radius 3 is 2.39 bits per heavy atom. The Hall–Kier alpha value is -1.57. The van der Waals surface area contributed by atoms with Gasteiger partial charge in [-0.2, -0.15) is 0 Å². The number of ether oxygens (including phenoxy) is 1. The summed E-state index contributed by atoms with van der Waals surface area (Å²) in [4.78, 5) is 51.5. The SMILES string of the molecule is CC(C)(SCC(=O)OCCC1CC1)C(=O)ON1C(=O)CCC1=O. The number of carbonyl (C=O) groups excluding carboxylic acids is 4. The molecule has 8 heteroatoms. The summed E-state index contributed by atoms with van der Waals surface area (Å²) in [5.74, 6) is -1.47. The molecule has 23 heavy (non-hydrogen) atoms. The molecule has 2 fully saturated rings. The zero-order valence-corrected chi connectivity index (χ0v) is 14.1. The number of nitrogens with zero attached hydrogens (tertiary/aromatic N) is 1. The molecule has 0 radical (unpaired) electrons. The molecule has 0 atom stereocenters. The lowest BCUT2D eigenvalue weighted by atomic mass is 10.2. The quantitative estimate of drug-likeness (QED) is 0.486. The first-order chi connectivity index (χ1) is 10.8. The van der Waals surface area contributed by atoms with Crippen LogP contribution in [0.25, 0.3) is 0 Å². The van der Waals surface area contributed by atoms with Gasteiger partial charge in [0.1, 0.15) is 4.75 Å². The van der Waals surface area contributed by atoms with Gasteiger partial charge in [-0.1, -0.05) is 12.8 Å². The molecule has 0 unspecified atom stereocenters. The van der Waals surface area contributed by atoms with Crippen LogP contribution in [0.4, 0.5) is 0 Å². The third-order valence-corrected chi connectivity index (χ3v) is 4.98. The second kappa shape index (κ2) is 7.33. The van der Waals surface area contributed by atoms with Gasteiger partial charge in [0.25, 0.3) is 11.8 Å². The highest BCUT2D eigenvalue weighted by Crippen LogP contribution is 2.32. The molecule has 2 aliphatic rings. The fraction of sp³-hybridized carbons (Fsp3) is 0.733. The van der Waals surface area contributed by atoms with Gasteiger partial charge in [-0.3, -0.25) is 14.4 Å². The Labute approximate surface area is 139 Å². The molecule has 1 saturated heterocycles. The van der Waals surface area contributed by atoms with E-state index in [1.807, 2.05) is 0 Å². The molecule has 0 aromatic heterocycles. The monoisotopic (exact) mass is 343 g/mol. The van der Waals surface area contributed by atoms with E-state index < -0.39 is 22.5 Å². The maximum Gasteiger partial charge on any atom is 0.348 e. The van der Waals surface area contributed by atoms with Crippen molar-refractivity contribution in [3.8, 4) is 0 Å². The number of amides is 2. The van der Waals surface area contributed by atoms with Gasteiger partial charge < -0.3 is 9.57 Å². The first-order valence-corrected chi connectivity index (χ1v) is 8.66. The number of rotatable bonds is 8. The summed E-state index contributed by atoms with van der Waals surface area (Å²) < 4.78 is 4.03. The van der Waals surface area contributed by atoms with Crippen molar-refractivity contribution in [2.45, 2.75) is 50.7 Å².